The van der Waals surface area contributed by atoms with Crippen molar-refractivity contribution in [2.45, 2.75) is 45.8 Å². The minimum atomic E-state index is -0.675. The summed E-state index contributed by atoms with van der Waals surface area (Å²) in [6, 6.07) is 16.0. The Morgan fingerprint density at radius 2 is 1.84 bits per heavy atom. The van der Waals surface area contributed by atoms with Gasteiger partial charge in [0.1, 0.15) is 0 Å². The number of carbonyl (C=O) groups is 3. The van der Waals surface area contributed by atoms with Crippen molar-refractivity contribution < 1.29 is 19.1 Å². The smallest absolute Gasteiger partial charge is 0.338 e. The van der Waals surface area contributed by atoms with E-state index in [1.807, 2.05) is 36.4 Å². The fourth-order valence-corrected chi connectivity index (χ4v) is 3.55. The Labute approximate surface area is 188 Å². The molecular formula is C25H29N3O4. The molecule has 2 aromatic rings. The summed E-state index contributed by atoms with van der Waals surface area (Å²) in [6.45, 7) is 5.27. The zero-order valence-corrected chi connectivity index (χ0v) is 18.8. The highest BCUT2D eigenvalue weighted by Crippen LogP contribution is 2.32. The molecular weight excluding hydrogens is 406 g/mol. The van der Waals surface area contributed by atoms with Crippen molar-refractivity contribution in [3.05, 3.63) is 77.0 Å². The van der Waals surface area contributed by atoms with Gasteiger partial charge in [-0.1, -0.05) is 42.5 Å². The first-order chi connectivity index (χ1) is 15.3. The van der Waals surface area contributed by atoms with Crippen LogP contribution in [0.1, 0.15) is 44.4 Å². The first kappa shape index (κ1) is 23.1. The van der Waals surface area contributed by atoms with Crippen molar-refractivity contribution in [3.63, 3.8) is 0 Å². The number of hydrogen-bond donors (Lipinski definition) is 2. The quantitative estimate of drug-likeness (QED) is 0.639. The van der Waals surface area contributed by atoms with Gasteiger partial charge in [0.05, 0.1) is 17.7 Å². The third kappa shape index (κ3) is 5.55. The third-order valence-electron chi connectivity index (χ3n) is 5.30. The lowest BCUT2D eigenvalue weighted by molar-refractivity contribution is -0.143. The lowest BCUT2D eigenvalue weighted by Crippen LogP contribution is -2.46. The molecule has 1 atom stereocenters. The molecule has 7 heteroatoms. The average Bonchev–Trinajstić information content (AvgIpc) is 2.76. The van der Waals surface area contributed by atoms with Crippen LogP contribution < -0.4 is 10.6 Å². The fourth-order valence-electron chi connectivity index (χ4n) is 3.55. The summed E-state index contributed by atoms with van der Waals surface area (Å²) in [5, 5.41) is 5.76. The lowest BCUT2D eigenvalue weighted by Gasteiger charge is -2.33. The summed E-state index contributed by atoms with van der Waals surface area (Å²) in [4.78, 5) is 39.1. The van der Waals surface area contributed by atoms with E-state index in [0.29, 0.717) is 35.4 Å². The standard InChI is InChI=1S/C25H29N3O4/c1-16(2)32-24(30)22-17(3)28(4)25(31)27-23(22)19-11-8-12-20(15-19)26-21(29)14-13-18-9-6-5-7-10-18/h5-12,15-16,23H,13-14H2,1-4H3,(H,26,29)(H,27,31)/t23-/m1/s1. The maximum atomic E-state index is 12.8. The first-order valence-electron chi connectivity index (χ1n) is 10.7. The third-order valence-corrected chi connectivity index (χ3v) is 5.30. The van der Waals surface area contributed by atoms with Gasteiger partial charge in [0, 0.05) is 24.9 Å². The van der Waals surface area contributed by atoms with Crippen LogP contribution in [0.15, 0.2) is 65.9 Å². The Morgan fingerprint density at radius 3 is 2.53 bits per heavy atom. The summed E-state index contributed by atoms with van der Waals surface area (Å²) >= 11 is 0. The van der Waals surface area contributed by atoms with Crippen LogP contribution in [0, 0.1) is 0 Å². The SMILES string of the molecule is CC1=C(C(=O)OC(C)C)[C@@H](c2cccc(NC(=O)CCc3ccccc3)c2)NC(=O)N1C. The van der Waals surface area contributed by atoms with Crippen LogP contribution in [-0.4, -0.2) is 36.0 Å². The van der Waals surface area contributed by atoms with E-state index in [-0.39, 0.29) is 18.0 Å². The molecule has 0 radical (unpaired) electrons. The average molecular weight is 436 g/mol. The van der Waals surface area contributed by atoms with E-state index in [0.717, 1.165) is 5.56 Å². The second-order valence-electron chi connectivity index (χ2n) is 8.05. The number of esters is 1. The monoisotopic (exact) mass is 435 g/mol. The van der Waals surface area contributed by atoms with Crippen LogP contribution in [0.2, 0.25) is 0 Å². The lowest BCUT2D eigenvalue weighted by atomic mass is 9.94. The molecule has 0 spiro atoms. The van der Waals surface area contributed by atoms with E-state index in [1.54, 1.807) is 46.0 Å². The van der Waals surface area contributed by atoms with E-state index in [1.165, 1.54) is 4.90 Å². The van der Waals surface area contributed by atoms with Crippen LogP contribution in [0.25, 0.3) is 0 Å². The Kier molecular flexibility index (Phi) is 7.30. The van der Waals surface area contributed by atoms with Gasteiger partial charge < -0.3 is 20.3 Å². The van der Waals surface area contributed by atoms with Crippen molar-refractivity contribution in [2.75, 3.05) is 12.4 Å². The number of nitrogens with one attached hydrogen (secondary N) is 2. The molecule has 1 aliphatic rings. The van der Waals surface area contributed by atoms with E-state index in [9.17, 15) is 14.4 Å². The number of anilines is 1. The van der Waals surface area contributed by atoms with Crippen molar-refractivity contribution in [1.82, 2.24) is 10.2 Å². The van der Waals surface area contributed by atoms with Gasteiger partial charge in [-0.05, 0) is 50.5 Å². The summed E-state index contributed by atoms with van der Waals surface area (Å²) < 4.78 is 5.42. The molecule has 0 saturated carbocycles. The predicted octanol–water partition coefficient (Wildman–Crippen LogP) is 4.18. The highest BCUT2D eigenvalue weighted by molar-refractivity contribution is 5.95. The molecule has 3 amide bonds. The number of ether oxygens (including phenoxy) is 1. The number of allylic oxidation sites excluding steroid dienone is 1. The molecule has 0 aromatic heterocycles. The second-order valence-corrected chi connectivity index (χ2v) is 8.05. The van der Waals surface area contributed by atoms with Crippen LogP contribution in [0.4, 0.5) is 10.5 Å². The first-order valence-corrected chi connectivity index (χ1v) is 10.7. The van der Waals surface area contributed by atoms with Gasteiger partial charge in [-0.2, -0.15) is 0 Å². The van der Waals surface area contributed by atoms with Crippen molar-refractivity contribution in [1.29, 1.82) is 0 Å². The van der Waals surface area contributed by atoms with Crippen molar-refractivity contribution in [3.8, 4) is 0 Å². The number of urea groups is 1. The van der Waals surface area contributed by atoms with E-state index in [4.69, 9.17) is 4.74 Å². The highest BCUT2D eigenvalue weighted by Gasteiger charge is 2.35. The highest BCUT2D eigenvalue weighted by atomic mass is 16.5. The fraction of sp³-hybridized carbons (Fsp3) is 0.320. The van der Waals surface area contributed by atoms with Crippen LogP contribution in [0.5, 0.6) is 0 Å². The molecule has 1 heterocycles. The zero-order valence-electron chi connectivity index (χ0n) is 18.8. The van der Waals surface area contributed by atoms with Gasteiger partial charge in [0.25, 0.3) is 0 Å². The molecule has 0 fully saturated rings. The van der Waals surface area contributed by atoms with Crippen LogP contribution in [0.3, 0.4) is 0 Å². The second kappa shape index (κ2) is 10.1. The number of hydrogen-bond acceptors (Lipinski definition) is 4. The summed E-state index contributed by atoms with van der Waals surface area (Å²) in [5.41, 5.74) is 3.28. The van der Waals surface area contributed by atoms with Crippen LogP contribution in [-0.2, 0) is 20.7 Å². The minimum absolute atomic E-state index is 0.107. The minimum Gasteiger partial charge on any atom is -0.459 e. The van der Waals surface area contributed by atoms with E-state index in [2.05, 4.69) is 10.6 Å². The van der Waals surface area contributed by atoms with Crippen molar-refractivity contribution >= 4 is 23.6 Å². The largest absolute Gasteiger partial charge is 0.459 e. The van der Waals surface area contributed by atoms with E-state index < -0.39 is 12.0 Å². The number of nitrogens with zero attached hydrogens (tertiary/aromatic N) is 1. The Morgan fingerprint density at radius 1 is 1.12 bits per heavy atom. The predicted molar refractivity (Wildman–Crippen MR) is 123 cm³/mol. The van der Waals surface area contributed by atoms with Gasteiger partial charge in [0.2, 0.25) is 5.91 Å². The maximum Gasteiger partial charge on any atom is 0.338 e. The number of amides is 3. The molecule has 1 aliphatic heterocycles. The van der Waals surface area contributed by atoms with Gasteiger partial charge in [-0.15, -0.1) is 0 Å². The number of aryl methyl sites for hydroxylation is 1. The number of carbonyl (C=O) groups excluding carboxylic acids is 3. The van der Waals surface area contributed by atoms with Crippen molar-refractivity contribution in [2.24, 2.45) is 0 Å². The van der Waals surface area contributed by atoms with Gasteiger partial charge in [0.15, 0.2) is 0 Å². The summed E-state index contributed by atoms with van der Waals surface area (Å²) in [5.74, 6) is -0.587. The molecule has 0 saturated heterocycles. The molecule has 0 bridgehead atoms. The molecule has 0 unspecified atom stereocenters. The van der Waals surface area contributed by atoms with Gasteiger partial charge >= 0.3 is 12.0 Å². The molecule has 168 valence electrons. The molecule has 7 nitrogen and oxygen atoms in total. The topological polar surface area (TPSA) is 87.7 Å². The number of rotatable bonds is 7. The maximum absolute atomic E-state index is 12.8. The number of benzene rings is 2. The summed E-state index contributed by atoms with van der Waals surface area (Å²) in [7, 11) is 1.60. The molecule has 3 rings (SSSR count). The Hall–Kier alpha value is -3.61. The van der Waals surface area contributed by atoms with E-state index >= 15 is 0 Å². The van der Waals surface area contributed by atoms with Gasteiger partial charge in [-0.25, -0.2) is 9.59 Å². The normalized spacial score (nSPS) is 16.1. The van der Waals surface area contributed by atoms with Crippen LogP contribution >= 0.6 is 0 Å². The summed E-state index contributed by atoms with van der Waals surface area (Å²) in [6.07, 6.45) is 0.705. The molecule has 2 aromatic carbocycles. The van der Waals surface area contributed by atoms with Gasteiger partial charge in [-0.3, -0.25) is 4.79 Å². The zero-order chi connectivity index (χ0) is 23.3. The Balaban J connectivity index is 1.79. The molecule has 32 heavy (non-hydrogen) atoms. The molecule has 2 N–H and O–H groups in total. The Bertz CT molecular complexity index is 1030. The molecule has 0 aliphatic carbocycles.